The molecule has 6 aromatic carbocycles. The molecule has 0 aliphatic carbocycles. The van der Waals surface area contributed by atoms with Crippen LogP contribution < -0.4 is 0 Å². The van der Waals surface area contributed by atoms with Gasteiger partial charge in [-0.05, 0) is 76.9 Å². The summed E-state index contributed by atoms with van der Waals surface area (Å²) in [5, 5.41) is 3.39. The quantitative estimate of drug-likeness (QED) is 0.225. The highest BCUT2D eigenvalue weighted by molar-refractivity contribution is 6.12. The number of benzene rings is 6. The number of hydrogen-bond acceptors (Lipinski definition) is 3. The van der Waals surface area contributed by atoms with Crippen LogP contribution in [-0.4, -0.2) is 14.5 Å². The molecule has 0 N–H and O–H groups in total. The van der Waals surface area contributed by atoms with Gasteiger partial charge in [-0.1, -0.05) is 84.9 Å². The molecule has 0 saturated heterocycles. The van der Waals surface area contributed by atoms with Crippen molar-refractivity contribution in [3.8, 4) is 27.9 Å². The number of fused-ring (bicyclic) bond motifs is 7. The molecular weight excluding hydrogens is 514 g/mol. The van der Waals surface area contributed by atoms with Gasteiger partial charge in [0, 0.05) is 16.5 Å². The number of furan rings is 1. The number of aromatic nitrogens is 3. The predicted octanol–water partition coefficient (Wildman–Crippen LogP) is 9.96. The van der Waals surface area contributed by atoms with Crippen LogP contribution in [0.25, 0.3) is 83.0 Å². The third-order valence-electron chi connectivity index (χ3n) is 8.20. The summed E-state index contributed by atoms with van der Waals surface area (Å²) in [5.41, 5.74) is 12.0. The molecule has 3 aromatic heterocycles. The zero-order chi connectivity index (χ0) is 27.6. The van der Waals surface area contributed by atoms with E-state index in [4.69, 9.17) is 14.4 Å². The first-order valence-electron chi connectivity index (χ1n) is 14.1. The summed E-state index contributed by atoms with van der Waals surface area (Å²) in [7, 11) is 0. The first-order chi connectivity index (χ1) is 20.8. The van der Waals surface area contributed by atoms with Gasteiger partial charge in [0.15, 0.2) is 0 Å². The van der Waals surface area contributed by atoms with Crippen LogP contribution in [0.2, 0.25) is 0 Å². The molecule has 0 atom stereocenters. The second-order valence-electron chi connectivity index (χ2n) is 10.7. The van der Waals surface area contributed by atoms with Crippen LogP contribution in [0.5, 0.6) is 0 Å². The van der Waals surface area contributed by atoms with E-state index in [-0.39, 0.29) is 0 Å². The lowest BCUT2D eigenvalue weighted by atomic mass is 10.0. The molecule has 9 aromatic rings. The summed E-state index contributed by atoms with van der Waals surface area (Å²) in [6, 6.07) is 49.0. The summed E-state index contributed by atoms with van der Waals surface area (Å²) in [4.78, 5) is 9.69. The van der Waals surface area contributed by atoms with Crippen LogP contribution >= 0.6 is 0 Å². The Morgan fingerprint density at radius 2 is 1.02 bits per heavy atom. The molecule has 0 unspecified atom stereocenters. The van der Waals surface area contributed by atoms with Crippen molar-refractivity contribution in [3.05, 3.63) is 140 Å². The Labute approximate surface area is 241 Å². The molecule has 3 heterocycles. The average Bonchev–Trinajstić information content (AvgIpc) is 3.58. The number of nitrogens with zero attached hydrogens (tertiary/aromatic N) is 3. The summed E-state index contributed by atoms with van der Waals surface area (Å²) >= 11 is 0. The van der Waals surface area contributed by atoms with Crippen molar-refractivity contribution in [1.82, 2.24) is 14.5 Å². The monoisotopic (exact) mass is 537 g/mol. The molecule has 0 aliphatic heterocycles. The fourth-order valence-electron chi connectivity index (χ4n) is 6.19. The Morgan fingerprint density at radius 3 is 1.64 bits per heavy atom. The molecular formula is C38H23N3O. The number of rotatable bonds is 3. The fraction of sp³-hybridized carbons (Fsp3) is 0. The van der Waals surface area contributed by atoms with Crippen LogP contribution in [0, 0.1) is 0 Å². The van der Waals surface area contributed by atoms with Gasteiger partial charge in [0.2, 0.25) is 5.71 Å². The molecule has 0 aliphatic rings. The van der Waals surface area contributed by atoms with Crippen molar-refractivity contribution in [2.75, 3.05) is 0 Å². The van der Waals surface area contributed by atoms with E-state index in [0.29, 0.717) is 5.71 Å². The molecule has 4 heteroatoms. The third kappa shape index (κ3) is 3.49. The van der Waals surface area contributed by atoms with Gasteiger partial charge >= 0.3 is 0 Å². The van der Waals surface area contributed by atoms with Gasteiger partial charge < -0.3 is 8.98 Å². The molecule has 0 amide bonds. The van der Waals surface area contributed by atoms with E-state index < -0.39 is 0 Å². The van der Waals surface area contributed by atoms with Gasteiger partial charge in [0.25, 0.3) is 0 Å². The molecule has 0 bridgehead atoms. The lowest BCUT2D eigenvalue weighted by Crippen LogP contribution is -1.93. The molecule has 42 heavy (non-hydrogen) atoms. The second kappa shape index (κ2) is 8.88. The second-order valence-corrected chi connectivity index (χ2v) is 10.7. The van der Waals surface area contributed by atoms with Crippen LogP contribution in [0.15, 0.2) is 144 Å². The summed E-state index contributed by atoms with van der Waals surface area (Å²) in [6.45, 7) is 0. The van der Waals surface area contributed by atoms with E-state index in [9.17, 15) is 0 Å². The predicted molar refractivity (Wildman–Crippen MR) is 172 cm³/mol. The standard InChI is InChI=1S/C38H23N3O/c1-3-9-24(10-4-1)26-15-18-34-29(21-26)30-22-27(25-11-5-2-6-12-25)16-19-35(30)41(34)28-17-20-36-31(23-28)37-38(42-36)40-33-14-8-7-13-32(33)39-37/h1-23H. The molecule has 0 saturated carbocycles. The van der Waals surface area contributed by atoms with Crippen molar-refractivity contribution in [3.63, 3.8) is 0 Å². The number of hydrogen-bond donors (Lipinski definition) is 0. The largest absolute Gasteiger partial charge is 0.436 e. The van der Waals surface area contributed by atoms with Crippen molar-refractivity contribution in [2.24, 2.45) is 0 Å². The zero-order valence-electron chi connectivity index (χ0n) is 22.5. The van der Waals surface area contributed by atoms with E-state index in [2.05, 4.69) is 114 Å². The summed E-state index contributed by atoms with van der Waals surface area (Å²) < 4.78 is 8.50. The third-order valence-corrected chi connectivity index (χ3v) is 8.20. The molecule has 4 nitrogen and oxygen atoms in total. The van der Waals surface area contributed by atoms with E-state index in [1.807, 2.05) is 30.3 Å². The molecule has 9 rings (SSSR count). The average molecular weight is 538 g/mol. The van der Waals surface area contributed by atoms with Crippen LogP contribution in [-0.2, 0) is 0 Å². The molecule has 0 spiro atoms. The first kappa shape index (κ1) is 23.0. The SMILES string of the molecule is c1ccc(-c2ccc3c(c2)c2cc(-c4ccccc4)ccc2n3-c2ccc3oc4nc5ccccc5nc4c3c2)cc1. The van der Waals surface area contributed by atoms with E-state index in [1.54, 1.807) is 0 Å². The van der Waals surface area contributed by atoms with Gasteiger partial charge in [-0.25, -0.2) is 9.97 Å². The summed E-state index contributed by atoms with van der Waals surface area (Å²) in [5.74, 6) is 0. The highest BCUT2D eigenvalue weighted by Gasteiger charge is 2.17. The first-order valence-corrected chi connectivity index (χ1v) is 14.1. The van der Waals surface area contributed by atoms with Crippen LogP contribution in [0.4, 0.5) is 0 Å². The summed E-state index contributed by atoms with van der Waals surface area (Å²) in [6.07, 6.45) is 0. The lowest BCUT2D eigenvalue weighted by Gasteiger charge is -2.09. The van der Waals surface area contributed by atoms with Gasteiger partial charge in [-0.2, -0.15) is 0 Å². The smallest absolute Gasteiger partial charge is 0.246 e. The van der Waals surface area contributed by atoms with Crippen molar-refractivity contribution in [2.45, 2.75) is 0 Å². The van der Waals surface area contributed by atoms with E-state index in [0.717, 1.165) is 44.2 Å². The van der Waals surface area contributed by atoms with Crippen LogP contribution in [0.3, 0.4) is 0 Å². The number of para-hydroxylation sites is 2. The van der Waals surface area contributed by atoms with Gasteiger partial charge in [-0.15, -0.1) is 0 Å². The maximum absolute atomic E-state index is 6.15. The van der Waals surface area contributed by atoms with Crippen molar-refractivity contribution in [1.29, 1.82) is 0 Å². The van der Waals surface area contributed by atoms with Crippen LogP contribution in [0.1, 0.15) is 0 Å². The molecule has 0 fully saturated rings. The Balaban J connectivity index is 1.32. The zero-order valence-corrected chi connectivity index (χ0v) is 22.5. The normalized spacial score (nSPS) is 11.8. The van der Waals surface area contributed by atoms with Crippen molar-refractivity contribution < 1.29 is 4.42 Å². The Hall–Kier alpha value is -5.74. The van der Waals surface area contributed by atoms with E-state index in [1.165, 1.54) is 33.0 Å². The van der Waals surface area contributed by atoms with Gasteiger partial charge in [-0.3, -0.25) is 0 Å². The van der Waals surface area contributed by atoms with Gasteiger partial charge in [0.1, 0.15) is 11.1 Å². The van der Waals surface area contributed by atoms with Crippen molar-refractivity contribution >= 4 is 55.0 Å². The maximum atomic E-state index is 6.15. The molecule has 196 valence electrons. The topological polar surface area (TPSA) is 43.9 Å². The molecule has 0 radical (unpaired) electrons. The van der Waals surface area contributed by atoms with Gasteiger partial charge in [0.05, 0.1) is 27.5 Å². The minimum absolute atomic E-state index is 0.558. The fourth-order valence-corrected chi connectivity index (χ4v) is 6.19. The maximum Gasteiger partial charge on any atom is 0.246 e. The minimum atomic E-state index is 0.558. The highest BCUT2D eigenvalue weighted by atomic mass is 16.3. The lowest BCUT2D eigenvalue weighted by molar-refractivity contribution is 0.655. The Bertz CT molecular complexity index is 2360. The van der Waals surface area contributed by atoms with E-state index >= 15 is 0 Å². The minimum Gasteiger partial charge on any atom is -0.436 e. The Kier molecular flexibility index (Phi) is 4.87. The highest BCUT2D eigenvalue weighted by Crippen LogP contribution is 2.38. The Morgan fingerprint density at radius 1 is 0.452 bits per heavy atom.